The van der Waals surface area contributed by atoms with Crippen LogP contribution in [0.5, 0.6) is 0 Å². The molecule has 0 spiro atoms. The van der Waals surface area contributed by atoms with Gasteiger partial charge in [-0.25, -0.2) is 0 Å². The van der Waals surface area contributed by atoms with E-state index in [0.29, 0.717) is 9.21 Å². The maximum absolute atomic E-state index is 12.1. The van der Waals surface area contributed by atoms with Gasteiger partial charge in [-0.3, -0.25) is 4.79 Å². The summed E-state index contributed by atoms with van der Waals surface area (Å²) in [6, 6.07) is 17.9. The maximum atomic E-state index is 12.1. The molecule has 1 heterocycles. The van der Waals surface area contributed by atoms with Crippen LogP contribution in [0.3, 0.4) is 0 Å². The van der Waals surface area contributed by atoms with Crippen molar-refractivity contribution in [2.45, 2.75) is 13.0 Å². The number of thiophene rings is 1. The lowest BCUT2D eigenvalue weighted by molar-refractivity contribution is 0.0944. The van der Waals surface area contributed by atoms with Crippen molar-refractivity contribution >= 4 is 39.6 Å². The molecule has 1 amide bonds. The first-order chi connectivity index (χ1) is 10.1. The van der Waals surface area contributed by atoms with Crippen LogP contribution < -0.4 is 5.32 Å². The minimum absolute atomic E-state index is 0.0528. The number of carbonyl (C=O) groups excluding carboxylic acids is 1. The second kappa shape index (κ2) is 5.88. The summed E-state index contributed by atoms with van der Waals surface area (Å²) >= 11 is 7.15. The molecule has 0 saturated carbocycles. The molecule has 3 aromatic rings. The molecule has 0 radical (unpaired) electrons. The van der Waals surface area contributed by atoms with Gasteiger partial charge in [0.25, 0.3) is 5.91 Å². The molecule has 0 saturated heterocycles. The summed E-state index contributed by atoms with van der Waals surface area (Å²) in [6.07, 6.45) is 0. The van der Waals surface area contributed by atoms with Crippen molar-refractivity contribution in [1.82, 2.24) is 5.32 Å². The van der Waals surface area contributed by atoms with Crippen molar-refractivity contribution in [2.75, 3.05) is 0 Å². The number of benzene rings is 2. The van der Waals surface area contributed by atoms with E-state index < -0.39 is 0 Å². The predicted octanol–water partition coefficient (Wildman–Crippen LogP) is 5.05. The van der Waals surface area contributed by atoms with Crippen LogP contribution in [-0.4, -0.2) is 5.91 Å². The zero-order valence-electron chi connectivity index (χ0n) is 11.5. The fraction of sp³-hybridized carbons (Fsp3) is 0.118. The van der Waals surface area contributed by atoms with Gasteiger partial charge in [0.1, 0.15) is 0 Å². The molecule has 2 aromatic carbocycles. The normalized spacial score (nSPS) is 12.3. The second-order valence-corrected chi connectivity index (χ2v) is 6.62. The van der Waals surface area contributed by atoms with E-state index in [-0.39, 0.29) is 11.9 Å². The third-order valence-electron chi connectivity index (χ3n) is 3.42. The Morgan fingerprint density at radius 2 is 1.86 bits per heavy atom. The lowest BCUT2D eigenvalue weighted by Crippen LogP contribution is -2.25. The quantitative estimate of drug-likeness (QED) is 0.720. The number of hydrogen-bond donors (Lipinski definition) is 1. The van der Waals surface area contributed by atoms with E-state index in [2.05, 4.69) is 35.6 Å². The molecule has 4 heteroatoms. The molecule has 0 fully saturated rings. The number of fused-ring (bicyclic) bond motifs is 1. The van der Waals surface area contributed by atoms with Gasteiger partial charge in [0.15, 0.2) is 0 Å². The first kappa shape index (κ1) is 14.1. The number of amides is 1. The fourth-order valence-corrected chi connectivity index (χ4v) is 3.21. The molecule has 1 aromatic heterocycles. The molecule has 106 valence electrons. The highest BCUT2D eigenvalue weighted by Crippen LogP contribution is 2.23. The minimum Gasteiger partial charge on any atom is -0.345 e. The topological polar surface area (TPSA) is 29.1 Å². The third-order valence-corrected chi connectivity index (χ3v) is 4.65. The zero-order valence-corrected chi connectivity index (χ0v) is 13.0. The summed E-state index contributed by atoms with van der Waals surface area (Å²) in [5.41, 5.74) is 1.09. The number of hydrogen-bond acceptors (Lipinski definition) is 2. The number of rotatable bonds is 3. The Morgan fingerprint density at radius 1 is 1.10 bits per heavy atom. The van der Waals surface area contributed by atoms with Gasteiger partial charge in [-0.15, -0.1) is 11.3 Å². The predicted molar refractivity (Wildman–Crippen MR) is 89.2 cm³/mol. The third kappa shape index (κ3) is 3.09. The van der Waals surface area contributed by atoms with Crippen molar-refractivity contribution < 1.29 is 4.79 Å². The monoisotopic (exact) mass is 315 g/mol. The van der Waals surface area contributed by atoms with E-state index in [9.17, 15) is 4.79 Å². The van der Waals surface area contributed by atoms with Crippen LogP contribution in [0.2, 0.25) is 4.34 Å². The molecule has 21 heavy (non-hydrogen) atoms. The lowest BCUT2D eigenvalue weighted by atomic mass is 10.0. The Bertz CT molecular complexity index is 796. The van der Waals surface area contributed by atoms with Crippen LogP contribution >= 0.6 is 22.9 Å². The standard InChI is InChI=1S/C17H14ClNOS/c1-11(19-17(20)15-8-9-16(18)21-15)13-7-6-12-4-2-3-5-14(12)10-13/h2-11H,1H3,(H,19,20). The highest BCUT2D eigenvalue weighted by molar-refractivity contribution is 7.17. The molecular formula is C17H14ClNOS. The van der Waals surface area contributed by atoms with Gasteiger partial charge in [0, 0.05) is 0 Å². The van der Waals surface area contributed by atoms with Crippen LogP contribution in [0.1, 0.15) is 28.2 Å². The Kier molecular flexibility index (Phi) is 3.95. The highest BCUT2D eigenvalue weighted by atomic mass is 35.5. The Labute approximate surface area is 132 Å². The van der Waals surface area contributed by atoms with Crippen LogP contribution in [0.4, 0.5) is 0 Å². The van der Waals surface area contributed by atoms with Crippen LogP contribution in [0.15, 0.2) is 54.6 Å². The number of nitrogens with one attached hydrogen (secondary N) is 1. The van der Waals surface area contributed by atoms with Gasteiger partial charge in [0.05, 0.1) is 15.3 Å². The first-order valence-corrected chi connectivity index (χ1v) is 7.88. The van der Waals surface area contributed by atoms with E-state index >= 15 is 0 Å². The van der Waals surface area contributed by atoms with Gasteiger partial charge >= 0.3 is 0 Å². The Hall–Kier alpha value is -1.84. The average molecular weight is 316 g/mol. The molecule has 1 atom stereocenters. The number of halogens is 1. The molecule has 1 unspecified atom stereocenters. The summed E-state index contributed by atoms with van der Waals surface area (Å²) in [4.78, 5) is 12.8. The molecule has 0 aliphatic carbocycles. The Morgan fingerprint density at radius 3 is 2.57 bits per heavy atom. The van der Waals surface area contributed by atoms with E-state index in [0.717, 1.165) is 5.56 Å². The maximum Gasteiger partial charge on any atom is 0.261 e. The highest BCUT2D eigenvalue weighted by Gasteiger charge is 2.13. The average Bonchev–Trinajstić information content (AvgIpc) is 2.93. The molecule has 0 aliphatic heterocycles. The van der Waals surface area contributed by atoms with Gasteiger partial charge in [-0.2, -0.15) is 0 Å². The lowest BCUT2D eigenvalue weighted by Gasteiger charge is -2.14. The second-order valence-electron chi connectivity index (χ2n) is 4.91. The van der Waals surface area contributed by atoms with Crippen molar-refractivity contribution in [3.8, 4) is 0 Å². The molecular weight excluding hydrogens is 302 g/mol. The van der Waals surface area contributed by atoms with Crippen LogP contribution in [0.25, 0.3) is 10.8 Å². The summed E-state index contributed by atoms with van der Waals surface area (Å²) in [5, 5.41) is 5.38. The van der Waals surface area contributed by atoms with E-state index in [4.69, 9.17) is 11.6 Å². The van der Waals surface area contributed by atoms with Gasteiger partial charge < -0.3 is 5.32 Å². The van der Waals surface area contributed by atoms with E-state index in [1.807, 2.05) is 19.1 Å². The summed E-state index contributed by atoms with van der Waals surface area (Å²) in [6.45, 7) is 1.98. The van der Waals surface area contributed by atoms with Gasteiger partial charge in [0.2, 0.25) is 0 Å². The van der Waals surface area contributed by atoms with E-state index in [1.165, 1.54) is 22.1 Å². The zero-order chi connectivity index (χ0) is 14.8. The Balaban J connectivity index is 1.80. The first-order valence-electron chi connectivity index (χ1n) is 6.68. The SMILES string of the molecule is CC(NC(=O)c1ccc(Cl)s1)c1ccc2ccccc2c1. The van der Waals surface area contributed by atoms with Crippen LogP contribution in [0, 0.1) is 0 Å². The fourth-order valence-electron chi connectivity index (χ4n) is 2.26. The van der Waals surface area contributed by atoms with Crippen molar-refractivity contribution in [3.05, 3.63) is 69.4 Å². The smallest absolute Gasteiger partial charge is 0.261 e. The van der Waals surface area contributed by atoms with Crippen molar-refractivity contribution in [1.29, 1.82) is 0 Å². The van der Waals surface area contributed by atoms with Crippen molar-refractivity contribution in [3.63, 3.8) is 0 Å². The van der Waals surface area contributed by atoms with Gasteiger partial charge in [-0.1, -0.05) is 48.0 Å². The molecule has 0 bridgehead atoms. The van der Waals surface area contributed by atoms with E-state index in [1.54, 1.807) is 12.1 Å². The summed E-state index contributed by atoms with van der Waals surface area (Å²) in [7, 11) is 0. The largest absolute Gasteiger partial charge is 0.345 e. The molecule has 1 N–H and O–H groups in total. The van der Waals surface area contributed by atoms with Gasteiger partial charge in [-0.05, 0) is 41.5 Å². The van der Waals surface area contributed by atoms with Crippen molar-refractivity contribution in [2.24, 2.45) is 0 Å². The van der Waals surface area contributed by atoms with Crippen LogP contribution in [-0.2, 0) is 0 Å². The summed E-state index contributed by atoms with van der Waals surface area (Å²) < 4.78 is 0.624. The summed E-state index contributed by atoms with van der Waals surface area (Å²) in [5.74, 6) is -0.0902. The molecule has 0 aliphatic rings. The molecule has 3 rings (SSSR count). The molecule has 2 nitrogen and oxygen atoms in total. The minimum atomic E-state index is -0.0902. The number of carbonyl (C=O) groups is 1.